The SMILES string of the molecule is CN(Cc1ccccn1)c1nc2ccccc2s1. The monoisotopic (exact) mass is 255 g/mol. The Bertz CT molecular complexity index is 615. The van der Waals surface area contributed by atoms with Crippen molar-refractivity contribution < 1.29 is 0 Å². The van der Waals surface area contributed by atoms with Gasteiger partial charge in [-0.25, -0.2) is 4.98 Å². The summed E-state index contributed by atoms with van der Waals surface area (Å²) >= 11 is 1.71. The topological polar surface area (TPSA) is 29.0 Å². The van der Waals surface area contributed by atoms with E-state index in [1.54, 1.807) is 11.3 Å². The van der Waals surface area contributed by atoms with Crippen LogP contribution in [0, 0.1) is 0 Å². The van der Waals surface area contributed by atoms with Crippen molar-refractivity contribution >= 4 is 26.7 Å². The molecule has 0 unspecified atom stereocenters. The van der Waals surface area contributed by atoms with Crippen molar-refractivity contribution in [3.8, 4) is 0 Å². The molecule has 4 heteroatoms. The maximum absolute atomic E-state index is 4.63. The molecule has 0 aliphatic carbocycles. The molecule has 0 aliphatic heterocycles. The number of pyridine rings is 1. The second-order valence-electron chi connectivity index (χ2n) is 4.14. The maximum Gasteiger partial charge on any atom is 0.186 e. The number of benzene rings is 1. The molecular weight excluding hydrogens is 242 g/mol. The van der Waals surface area contributed by atoms with Crippen LogP contribution in [0.4, 0.5) is 5.13 Å². The van der Waals surface area contributed by atoms with Crippen molar-refractivity contribution in [3.63, 3.8) is 0 Å². The summed E-state index contributed by atoms with van der Waals surface area (Å²) in [4.78, 5) is 11.1. The van der Waals surface area contributed by atoms with Crippen LogP contribution in [0.5, 0.6) is 0 Å². The van der Waals surface area contributed by atoms with Gasteiger partial charge in [0.05, 0.1) is 22.5 Å². The summed E-state index contributed by atoms with van der Waals surface area (Å²) in [5.74, 6) is 0. The fraction of sp³-hybridized carbons (Fsp3) is 0.143. The van der Waals surface area contributed by atoms with Crippen LogP contribution in [0.1, 0.15) is 5.69 Å². The van der Waals surface area contributed by atoms with E-state index in [0.717, 1.165) is 22.9 Å². The summed E-state index contributed by atoms with van der Waals surface area (Å²) in [5, 5.41) is 1.03. The molecule has 2 heterocycles. The molecule has 0 saturated heterocycles. The van der Waals surface area contributed by atoms with Gasteiger partial charge in [-0.1, -0.05) is 29.5 Å². The molecule has 2 aromatic heterocycles. The van der Waals surface area contributed by atoms with Crippen LogP contribution in [-0.4, -0.2) is 17.0 Å². The third-order valence-electron chi connectivity index (χ3n) is 2.73. The Kier molecular flexibility index (Phi) is 2.94. The lowest BCUT2D eigenvalue weighted by atomic mass is 10.3. The van der Waals surface area contributed by atoms with Gasteiger partial charge in [-0.05, 0) is 24.3 Å². The third-order valence-corrected chi connectivity index (χ3v) is 3.89. The minimum atomic E-state index is 0.778. The molecule has 0 spiro atoms. The minimum Gasteiger partial charge on any atom is -0.345 e. The standard InChI is InChI=1S/C14H13N3S/c1-17(10-11-6-4-5-9-15-11)14-16-12-7-2-3-8-13(12)18-14/h2-9H,10H2,1H3. The van der Waals surface area contributed by atoms with Gasteiger partial charge in [0.25, 0.3) is 0 Å². The fourth-order valence-corrected chi connectivity index (χ4v) is 2.75. The molecule has 3 nitrogen and oxygen atoms in total. The highest BCUT2D eigenvalue weighted by atomic mass is 32.1. The van der Waals surface area contributed by atoms with Gasteiger partial charge in [0.15, 0.2) is 5.13 Å². The van der Waals surface area contributed by atoms with E-state index in [2.05, 4.69) is 20.9 Å². The number of nitrogens with zero attached hydrogens (tertiary/aromatic N) is 3. The Morgan fingerprint density at radius 1 is 1.11 bits per heavy atom. The van der Waals surface area contributed by atoms with E-state index < -0.39 is 0 Å². The molecule has 3 rings (SSSR count). The average molecular weight is 255 g/mol. The van der Waals surface area contributed by atoms with E-state index in [-0.39, 0.29) is 0 Å². The first kappa shape index (κ1) is 11.2. The van der Waals surface area contributed by atoms with Gasteiger partial charge in [0.1, 0.15) is 0 Å². The number of para-hydroxylation sites is 1. The van der Waals surface area contributed by atoms with Gasteiger partial charge in [0.2, 0.25) is 0 Å². The van der Waals surface area contributed by atoms with Crippen molar-refractivity contribution in [2.24, 2.45) is 0 Å². The Labute approximate surface area is 110 Å². The van der Waals surface area contributed by atoms with Crippen molar-refractivity contribution in [2.75, 3.05) is 11.9 Å². The van der Waals surface area contributed by atoms with E-state index in [9.17, 15) is 0 Å². The van der Waals surface area contributed by atoms with Gasteiger partial charge in [-0.3, -0.25) is 4.98 Å². The van der Waals surface area contributed by atoms with Crippen LogP contribution in [0.15, 0.2) is 48.7 Å². The van der Waals surface area contributed by atoms with Gasteiger partial charge in [0, 0.05) is 13.2 Å². The fourth-order valence-electron chi connectivity index (χ4n) is 1.83. The summed E-state index contributed by atoms with van der Waals surface area (Å²) in [5.41, 5.74) is 2.12. The zero-order valence-electron chi connectivity index (χ0n) is 10.1. The molecule has 0 radical (unpaired) electrons. The van der Waals surface area contributed by atoms with Crippen LogP contribution in [0.3, 0.4) is 0 Å². The molecule has 0 amide bonds. The van der Waals surface area contributed by atoms with Crippen LogP contribution >= 0.6 is 11.3 Å². The lowest BCUT2D eigenvalue weighted by Gasteiger charge is -2.14. The van der Waals surface area contributed by atoms with Crippen molar-refractivity contribution in [3.05, 3.63) is 54.4 Å². The van der Waals surface area contributed by atoms with E-state index in [1.807, 2.05) is 49.6 Å². The summed E-state index contributed by atoms with van der Waals surface area (Å²) in [6, 6.07) is 14.2. The Balaban J connectivity index is 1.86. The van der Waals surface area contributed by atoms with E-state index in [4.69, 9.17) is 0 Å². The Hall–Kier alpha value is -1.94. The second kappa shape index (κ2) is 4.74. The predicted molar refractivity (Wildman–Crippen MR) is 76.0 cm³/mol. The number of rotatable bonds is 3. The van der Waals surface area contributed by atoms with Crippen LogP contribution in [0.25, 0.3) is 10.2 Å². The Morgan fingerprint density at radius 3 is 2.72 bits per heavy atom. The molecule has 90 valence electrons. The first-order chi connectivity index (χ1) is 8.83. The molecule has 3 aromatic rings. The summed E-state index contributed by atoms with van der Waals surface area (Å²) in [6.45, 7) is 0.778. The zero-order chi connectivity index (χ0) is 12.4. The minimum absolute atomic E-state index is 0.778. The number of hydrogen-bond donors (Lipinski definition) is 0. The van der Waals surface area contributed by atoms with Gasteiger partial charge in [-0.15, -0.1) is 0 Å². The Morgan fingerprint density at radius 2 is 1.94 bits per heavy atom. The van der Waals surface area contributed by atoms with Gasteiger partial charge < -0.3 is 4.90 Å². The summed E-state index contributed by atoms with van der Waals surface area (Å²) in [6.07, 6.45) is 1.82. The molecule has 18 heavy (non-hydrogen) atoms. The van der Waals surface area contributed by atoms with Crippen LogP contribution in [0.2, 0.25) is 0 Å². The number of hydrogen-bond acceptors (Lipinski definition) is 4. The molecule has 0 bridgehead atoms. The average Bonchev–Trinajstić information content (AvgIpc) is 2.84. The molecule has 0 atom stereocenters. The zero-order valence-corrected chi connectivity index (χ0v) is 10.9. The summed E-state index contributed by atoms with van der Waals surface area (Å²) < 4.78 is 1.22. The molecule has 0 fully saturated rings. The molecular formula is C14H13N3S. The first-order valence-electron chi connectivity index (χ1n) is 5.79. The normalized spacial score (nSPS) is 10.7. The highest BCUT2D eigenvalue weighted by molar-refractivity contribution is 7.22. The molecule has 1 aromatic carbocycles. The smallest absolute Gasteiger partial charge is 0.186 e. The molecule has 0 saturated carbocycles. The lowest BCUT2D eigenvalue weighted by Crippen LogP contribution is -2.16. The number of thiazole rings is 1. The second-order valence-corrected chi connectivity index (χ2v) is 5.15. The van der Waals surface area contributed by atoms with Gasteiger partial charge >= 0.3 is 0 Å². The quantitative estimate of drug-likeness (QED) is 0.719. The van der Waals surface area contributed by atoms with Crippen molar-refractivity contribution in [1.82, 2.24) is 9.97 Å². The first-order valence-corrected chi connectivity index (χ1v) is 6.61. The summed E-state index contributed by atoms with van der Waals surface area (Å²) in [7, 11) is 2.05. The number of fused-ring (bicyclic) bond motifs is 1. The van der Waals surface area contributed by atoms with Crippen molar-refractivity contribution in [2.45, 2.75) is 6.54 Å². The maximum atomic E-state index is 4.63. The molecule has 0 N–H and O–H groups in total. The van der Waals surface area contributed by atoms with Crippen molar-refractivity contribution in [1.29, 1.82) is 0 Å². The van der Waals surface area contributed by atoms with Crippen LogP contribution in [-0.2, 0) is 6.54 Å². The van der Waals surface area contributed by atoms with Gasteiger partial charge in [-0.2, -0.15) is 0 Å². The molecule has 0 aliphatic rings. The largest absolute Gasteiger partial charge is 0.345 e. The highest BCUT2D eigenvalue weighted by Crippen LogP contribution is 2.28. The lowest BCUT2D eigenvalue weighted by molar-refractivity contribution is 0.881. The predicted octanol–water partition coefficient (Wildman–Crippen LogP) is 3.33. The van der Waals surface area contributed by atoms with E-state index in [0.29, 0.717) is 0 Å². The number of anilines is 1. The highest BCUT2D eigenvalue weighted by Gasteiger charge is 2.08. The van der Waals surface area contributed by atoms with E-state index >= 15 is 0 Å². The van der Waals surface area contributed by atoms with E-state index in [1.165, 1.54) is 4.70 Å². The van der Waals surface area contributed by atoms with Crippen LogP contribution < -0.4 is 4.90 Å². The number of aromatic nitrogens is 2. The third kappa shape index (κ3) is 2.19.